The smallest absolute Gasteiger partial charge is 0.338 e. The van der Waals surface area contributed by atoms with Crippen molar-refractivity contribution in [2.75, 3.05) is 22.1 Å². The molecule has 0 heterocycles. The summed E-state index contributed by atoms with van der Waals surface area (Å²) in [4.78, 5) is 23.0. The standard InChI is InChI=1S/C12H12I2O4/c13-5-7-17-11(15)9-1-2-10(4-3-9)12(16)18-8-6-14/h1-4H,5-8H2. The highest BCUT2D eigenvalue weighted by atomic mass is 127. The molecule has 1 aromatic carbocycles. The number of esters is 2. The maximum absolute atomic E-state index is 11.5. The highest BCUT2D eigenvalue weighted by Gasteiger charge is 2.10. The van der Waals surface area contributed by atoms with Gasteiger partial charge in [0.05, 0.1) is 11.1 Å². The minimum absolute atomic E-state index is 0.376. The molecule has 0 fully saturated rings. The summed E-state index contributed by atoms with van der Waals surface area (Å²) in [6.07, 6.45) is 0. The summed E-state index contributed by atoms with van der Waals surface area (Å²) >= 11 is 4.26. The lowest BCUT2D eigenvalue weighted by Gasteiger charge is -2.04. The zero-order valence-corrected chi connectivity index (χ0v) is 13.8. The molecule has 0 saturated carbocycles. The molecule has 1 rings (SSSR count). The number of benzene rings is 1. The Morgan fingerprint density at radius 3 is 1.44 bits per heavy atom. The molecular formula is C12H12I2O4. The first-order valence-corrected chi connectivity index (χ1v) is 8.30. The topological polar surface area (TPSA) is 52.6 Å². The van der Waals surface area contributed by atoms with Gasteiger partial charge in [0.25, 0.3) is 0 Å². The molecule has 0 atom stereocenters. The van der Waals surface area contributed by atoms with Crippen molar-refractivity contribution in [3.63, 3.8) is 0 Å². The fourth-order valence-corrected chi connectivity index (χ4v) is 1.61. The number of rotatable bonds is 6. The van der Waals surface area contributed by atoms with Crippen LogP contribution in [0.1, 0.15) is 20.7 Å². The molecular weight excluding hydrogens is 462 g/mol. The van der Waals surface area contributed by atoms with E-state index in [0.717, 1.165) is 8.86 Å². The minimum Gasteiger partial charge on any atom is -0.461 e. The first kappa shape index (κ1) is 15.7. The quantitative estimate of drug-likeness (QED) is 0.362. The Hall–Kier alpha value is -0.380. The largest absolute Gasteiger partial charge is 0.461 e. The van der Waals surface area contributed by atoms with Crippen LogP contribution in [-0.2, 0) is 9.47 Å². The number of hydrogen-bond acceptors (Lipinski definition) is 4. The van der Waals surface area contributed by atoms with Gasteiger partial charge in [0.2, 0.25) is 0 Å². The molecule has 0 aromatic heterocycles. The van der Waals surface area contributed by atoms with Gasteiger partial charge in [-0.15, -0.1) is 0 Å². The molecule has 0 N–H and O–H groups in total. The zero-order chi connectivity index (χ0) is 13.4. The normalized spacial score (nSPS) is 9.89. The molecule has 0 aliphatic heterocycles. The second kappa shape index (κ2) is 8.68. The predicted molar refractivity (Wildman–Crippen MR) is 84.8 cm³/mol. The van der Waals surface area contributed by atoms with E-state index in [9.17, 15) is 9.59 Å². The summed E-state index contributed by atoms with van der Waals surface area (Å²) in [5.74, 6) is -0.752. The summed E-state index contributed by atoms with van der Waals surface area (Å²) in [6.45, 7) is 0.775. The lowest BCUT2D eigenvalue weighted by atomic mass is 10.1. The number of carbonyl (C=O) groups is 2. The summed E-state index contributed by atoms with van der Waals surface area (Å²) in [7, 11) is 0. The van der Waals surface area contributed by atoms with Crippen LogP contribution in [0.2, 0.25) is 0 Å². The summed E-state index contributed by atoms with van der Waals surface area (Å²) in [5.41, 5.74) is 0.871. The van der Waals surface area contributed by atoms with E-state index >= 15 is 0 Å². The van der Waals surface area contributed by atoms with E-state index in [2.05, 4.69) is 45.2 Å². The van der Waals surface area contributed by atoms with Crippen molar-refractivity contribution in [3.8, 4) is 0 Å². The number of carbonyl (C=O) groups excluding carboxylic acids is 2. The molecule has 4 nitrogen and oxygen atoms in total. The van der Waals surface area contributed by atoms with Crippen molar-refractivity contribution in [1.29, 1.82) is 0 Å². The van der Waals surface area contributed by atoms with Gasteiger partial charge in [-0.1, -0.05) is 45.2 Å². The Labute approximate surface area is 133 Å². The van der Waals surface area contributed by atoms with Gasteiger partial charge in [0.1, 0.15) is 13.2 Å². The van der Waals surface area contributed by atoms with E-state index in [4.69, 9.17) is 9.47 Å². The molecule has 0 amide bonds. The summed E-state index contributed by atoms with van der Waals surface area (Å²) in [6, 6.07) is 6.26. The van der Waals surface area contributed by atoms with E-state index in [0.29, 0.717) is 24.3 Å². The zero-order valence-electron chi connectivity index (χ0n) is 9.53. The summed E-state index contributed by atoms with van der Waals surface area (Å²) in [5, 5.41) is 0. The van der Waals surface area contributed by atoms with Gasteiger partial charge < -0.3 is 9.47 Å². The van der Waals surface area contributed by atoms with Crippen LogP contribution < -0.4 is 0 Å². The van der Waals surface area contributed by atoms with Crippen LogP contribution in [0.5, 0.6) is 0 Å². The van der Waals surface area contributed by atoms with Crippen molar-refractivity contribution >= 4 is 57.1 Å². The Bertz CT molecular complexity index is 364. The molecule has 0 saturated heterocycles. The Kier molecular flexibility index (Phi) is 7.56. The lowest BCUT2D eigenvalue weighted by molar-refractivity contribution is 0.0518. The van der Waals surface area contributed by atoms with Gasteiger partial charge in [0.15, 0.2) is 0 Å². The second-order valence-corrected chi connectivity index (χ2v) is 5.38. The van der Waals surface area contributed by atoms with Gasteiger partial charge in [0, 0.05) is 8.86 Å². The fraction of sp³-hybridized carbons (Fsp3) is 0.333. The molecule has 98 valence electrons. The maximum Gasteiger partial charge on any atom is 0.338 e. The van der Waals surface area contributed by atoms with E-state index in [1.165, 1.54) is 0 Å². The third kappa shape index (κ3) is 5.09. The van der Waals surface area contributed by atoms with Gasteiger partial charge in [-0.3, -0.25) is 0 Å². The molecule has 6 heteroatoms. The number of halogens is 2. The molecule has 0 spiro atoms. The van der Waals surface area contributed by atoms with E-state index in [1.54, 1.807) is 24.3 Å². The van der Waals surface area contributed by atoms with Crippen LogP contribution in [-0.4, -0.2) is 34.0 Å². The van der Waals surface area contributed by atoms with Crippen molar-refractivity contribution in [1.82, 2.24) is 0 Å². The minimum atomic E-state index is -0.376. The fourth-order valence-electron chi connectivity index (χ4n) is 1.17. The predicted octanol–water partition coefficient (Wildman–Crippen LogP) is 2.87. The number of alkyl halides is 2. The van der Waals surface area contributed by atoms with Crippen molar-refractivity contribution in [2.45, 2.75) is 0 Å². The number of hydrogen-bond donors (Lipinski definition) is 0. The van der Waals surface area contributed by atoms with Crippen LogP contribution in [0.4, 0.5) is 0 Å². The molecule has 0 unspecified atom stereocenters. The molecule has 0 bridgehead atoms. The van der Waals surface area contributed by atoms with Crippen molar-refractivity contribution in [2.24, 2.45) is 0 Å². The highest BCUT2D eigenvalue weighted by molar-refractivity contribution is 14.1. The van der Waals surface area contributed by atoms with E-state index in [-0.39, 0.29) is 11.9 Å². The van der Waals surface area contributed by atoms with Crippen LogP contribution in [0.25, 0.3) is 0 Å². The van der Waals surface area contributed by atoms with Gasteiger partial charge in [-0.25, -0.2) is 9.59 Å². The van der Waals surface area contributed by atoms with Gasteiger partial charge >= 0.3 is 11.9 Å². The second-order valence-electron chi connectivity index (χ2n) is 3.23. The van der Waals surface area contributed by atoms with Crippen LogP contribution >= 0.6 is 45.2 Å². The van der Waals surface area contributed by atoms with Crippen LogP contribution in [0, 0.1) is 0 Å². The highest BCUT2D eigenvalue weighted by Crippen LogP contribution is 2.08. The van der Waals surface area contributed by atoms with E-state index in [1.807, 2.05) is 0 Å². The first-order chi connectivity index (χ1) is 8.69. The summed E-state index contributed by atoms with van der Waals surface area (Å²) < 4.78 is 11.5. The van der Waals surface area contributed by atoms with Crippen LogP contribution in [0.15, 0.2) is 24.3 Å². The average molecular weight is 474 g/mol. The monoisotopic (exact) mass is 474 g/mol. The third-order valence-electron chi connectivity index (χ3n) is 1.98. The first-order valence-electron chi connectivity index (χ1n) is 5.25. The average Bonchev–Trinajstić information content (AvgIpc) is 2.42. The number of ether oxygens (including phenoxy) is 2. The molecule has 0 aliphatic carbocycles. The third-order valence-corrected chi connectivity index (χ3v) is 2.86. The Morgan fingerprint density at radius 1 is 0.833 bits per heavy atom. The molecule has 0 aliphatic rings. The molecule has 18 heavy (non-hydrogen) atoms. The van der Waals surface area contributed by atoms with Crippen molar-refractivity contribution < 1.29 is 19.1 Å². The van der Waals surface area contributed by atoms with Crippen molar-refractivity contribution in [3.05, 3.63) is 35.4 Å². The lowest BCUT2D eigenvalue weighted by Crippen LogP contribution is -2.09. The maximum atomic E-state index is 11.5. The molecule has 1 aromatic rings. The molecule has 0 radical (unpaired) electrons. The van der Waals surface area contributed by atoms with Crippen LogP contribution in [0.3, 0.4) is 0 Å². The van der Waals surface area contributed by atoms with Gasteiger partial charge in [-0.2, -0.15) is 0 Å². The Balaban J connectivity index is 2.62. The SMILES string of the molecule is O=C(OCCI)c1ccc(C(=O)OCCI)cc1. The Morgan fingerprint density at radius 2 is 1.17 bits per heavy atom. The van der Waals surface area contributed by atoms with E-state index < -0.39 is 0 Å². The van der Waals surface area contributed by atoms with Gasteiger partial charge in [-0.05, 0) is 24.3 Å².